The van der Waals surface area contributed by atoms with Gasteiger partial charge in [-0.15, -0.1) is 0 Å². The number of ether oxygens (including phenoxy) is 1. The van der Waals surface area contributed by atoms with Gasteiger partial charge in [0.25, 0.3) is 5.56 Å². The molecule has 0 aliphatic carbocycles. The van der Waals surface area contributed by atoms with Gasteiger partial charge < -0.3 is 19.3 Å². The monoisotopic (exact) mass is 715 g/mol. The molecule has 1 fully saturated rings. The molecule has 2 aliphatic heterocycles. The van der Waals surface area contributed by atoms with Crippen molar-refractivity contribution in [3.8, 4) is 0 Å². The smallest absolute Gasteiger partial charge is 0.330 e. The molecule has 1 aromatic rings. The van der Waals surface area contributed by atoms with Crippen LogP contribution in [-0.2, 0) is 27.9 Å². The predicted octanol–water partition coefficient (Wildman–Crippen LogP) is 3.82. The third-order valence-corrected chi connectivity index (χ3v) is 20.9. The molecule has 3 N–H and O–H groups in total. The summed E-state index contributed by atoms with van der Waals surface area (Å²) in [6.07, 6.45) is -1.96. The Bertz CT molecular complexity index is 1390. The van der Waals surface area contributed by atoms with Crippen LogP contribution in [0.5, 0.6) is 0 Å². The van der Waals surface area contributed by atoms with E-state index in [1.807, 2.05) is 33.9 Å². The van der Waals surface area contributed by atoms with Crippen molar-refractivity contribution < 1.29 is 26.2 Å². The summed E-state index contributed by atoms with van der Waals surface area (Å²) in [5, 5.41) is -0.427. The highest BCUT2D eigenvalue weighted by Crippen LogP contribution is 2.54. The number of halogens is 1. The Labute approximate surface area is 246 Å². The van der Waals surface area contributed by atoms with Crippen molar-refractivity contribution in [2.45, 2.75) is 109 Å². The summed E-state index contributed by atoms with van der Waals surface area (Å²) in [6.45, 7) is 22.1. The zero-order chi connectivity index (χ0) is 30.1. The first-order valence-electron chi connectivity index (χ1n) is 12.8. The van der Waals surface area contributed by atoms with Crippen molar-refractivity contribution in [1.29, 1.82) is 0 Å². The molecule has 2 unspecified atom stereocenters. The number of aromatic amines is 1. The first-order chi connectivity index (χ1) is 17.4. The number of hydrogen-bond donors (Lipinski definition) is 2. The molecule has 0 amide bonds. The average molecular weight is 716 g/mol. The molecule has 0 bridgehead atoms. The standard InChI is InChI=1S/C24H42IN3O8SSi2/c1-14-12-28(21(30)27-19(14)29)20-17(35-39(10,11)23(5,6)7)24(16(26)18(25)37(31,32)36-24)15(34-20)13-33-38(8,9)22(2,3)4/h12,15,17,20H,13,26H2,1-11H3,(H,27,29,30)/t15?,17-,20+,24?/m0/s1. The van der Waals surface area contributed by atoms with Crippen LogP contribution in [0.25, 0.3) is 0 Å². The third-order valence-electron chi connectivity index (χ3n) is 8.61. The molecule has 11 nitrogen and oxygen atoms in total. The van der Waals surface area contributed by atoms with Crippen molar-refractivity contribution in [2.24, 2.45) is 5.73 Å². The number of nitrogens with zero attached hydrogens (tertiary/aromatic N) is 1. The van der Waals surface area contributed by atoms with Crippen LogP contribution in [0.1, 0.15) is 53.3 Å². The Morgan fingerprint density at radius 1 is 1.10 bits per heavy atom. The summed E-state index contributed by atoms with van der Waals surface area (Å²) < 4.78 is 53.0. The molecule has 0 saturated carbocycles. The lowest BCUT2D eigenvalue weighted by Gasteiger charge is -2.43. The van der Waals surface area contributed by atoms with E-state index >= 15 is 0 Å². The molecule has 15 heteroatoms. The summed E-state index contributed by atoms with van der Waals surface area (Å²) >= 11 is 1.66. The Morgan fingerprint density at radius 2 is 1.64 bits per heavy atom. The van der Waals surface area contributed by atoms with Crippen molar-refractivity contribution in [2.75, 3.05) is 6.61 Å². The Hall–Kier alpha value is -0.826. The van der Waals surface area contributed by atoms with Gasteiger partial charge >= 0.3 is 15.8 Å². The lowest BCUT2D eigenvalue weighted by molar-refractivity contribution is -0.0563. The van der Waals surface area contributed by atoms with E-state index in [0.29, 0.717) is 0 Å². The SMILES string of the molecule is Cc1cn([C@@H]2OC(CO[Si](C)(C)C(C)(C)C)C3(OS(=O)(=O)C(I)=C3N)[C@H]2O[Si](C)(C)C(C)(C)C)c(=O)[nH]c1=O. The molecule has 39 heavy (non-hydrogen) atoms. The predicted molar refractivity (Wildman–Crippen MR) is 163 cm³/mol. The van der Waals surface area contributed by atoms with Crippen molar-refractivity contribution in [1.82, 2.24) is 9.55 Å². The van der Waals surface area contributed by atoms with Crippen molar-refractivity contribution in [3.05, 3.63) is 41.2 Å². The van der Waals surface area contributed by atoms with Gasteiger partial charge in [-0.05, 0) is 65.8 Å². The molecule has 3 rings (SSSR count). The van der Waals surface area contributed by atoms with Crippen molar-refractivity contribution in [3.63, 3.8) is 0 Å². The quantitative estimate of drug-likeness (QED) is 0.255. The van der Waals surface area contributed by atoms with Crippen LogP contribution in [0.3, 0.4) is 0 Å². The molecule has 1 aromatic heterocycles. The maximum absolute atomic E-state index is 13.1. The number of nitrogens with one attached hydrogen (secondary N) is 1. The minimum atomic E-state index is -4.23. The molecule has 4 atom stereocenters. The minimum absolute atomic E-state index is 0.0401. The van der Waals surface area contributed by atoms with Crippen LogP contribution < -0.4 is 17.0 Å². The first kappa shape index (κ1) is 32.7. The van der Waals surface area contributed by atoms with E-state index < -0.39 is 62.0 Å². The van der Waals surface area contributed by atoms with Crippen LogP contribution in [-0.4, -0.2) is 59.0 Å². The fourth-order valence-electron chi connectivity index (χ4n) is 4.00. The van der Waals surface area contributed by atoms with E-state index in [2.05, 4.69) is 38.8 Å². The number of hydrogen-bond acceptors (Lipinski definition) is 9. The molecular weight excluding hydrogens is 673 g/mol. The van der Waals surface area contributed by atoms with Crippen LogP contribution in [0, 0.1) is 6.92 Å². The normalized spacial score (nSPS) is 28.1. The highest BCUT2D eigenvalue weighted by Gasteiger charge is 2.68. The summed E-state index contributed by atoms with van der Waals surface area (Å²) in [4.78, 5) is 27.5. The van der Waals surface area contributed by atoms with Crippen LogP contribution in [0.15, 0.2) is 24.4 Å². The molecule has 2 aliphatic rings. The van der Waals surface area contributed by atoms with E-state index in [1.54, 1.807) is 29.5 Å². The van der Waals surface area contributed by atoms with Gasteiger partial charge in [-0.1, -0.05) is 41.5 Å². The lowest BCUT2D eigenvalue weighted by Crippen LogP contribution is -2.59. The molecule has 0 radical (unpaired) electrons. The van der Waals surface area contributed by atoms with Gasteiger partial charge in [0.15, 0.2) is 31.4 Å². The van der Waals surface area contributed by atoms with Gasteiger partial charge in [0.2, 0.25) is 0 Å². The summed E-state index contributed by atoms with van der Waals surface area (Å²) in [5.41, 5.74) is 3.78. The van der Waals surface area contributed by atoms with Gasteiger partial charge in [0.1, 0.15) is 12.2 Å². The van der Waals surface area contributed by atoms with Gasteiger partial charge in [0, 0.05) is 11.8 Å². The summed E-state index contributed by atoms with van der Waals surface area (Å²) in [6, 6.07) is 0. The van der Waals surface area contributed by atoms with E-state index in [0.717, 1.165) is 0 Å². The van der Waals surface area contributed by atoms with Crippen molar-refractivity contribution >= 4 is 49.3 Å². The zero-order valence-electron chi connectivity index (χ0n) is 24.6. The fraction of sp³-hybridized carbons (Fsp3) is 0.750. The number of aryl methyl sites for hydroxylation is 1. The molecule has 1 spiro atoms. The average Bonchev–Trinajstić information content (AvgIpc) is 3.14. The first-order valence-corrected chi connectivity index (χ1v) is 21.1. The van der Waals surface area contributed by atoms with E-state index in [1.165, 1.54) is 10.8 Å². The third kappa shape index (κ3) is 5.66. The van der Waals surface area contributed by atoms with Gasteiger partial charge in [0.05, 0.1) is 12.3 Å². The maximum atomic E-state index is 13.1. The Morgan fingerprint density at radius 3 is 2.10 bits per heavy atom. The maximum Gasteiger partial charge on any atom is 0.330 e. The van der Waals surface area contributed by atoms with E-state index in [4.69, 9.17) is 23.5 Å². The molecule has 3 heterocycles. The summed E-state index contributed by atoms with van der Waals surface area (Å²) in [7, 11) is -9.21. The highest BCUT2D eigenvalue weighted by molar-refractivity contribution is 14.1. The topological polar surface area (TPSA) is 152 Å². The van der Waals surface area contributed by atoms with Crippen LogP contribution in [0.2, 0.25) is 36.3 Å². The minimum Gasteiger partial charge on any atom is -0.414 e. The van der Waals surface area contributed by atoms with Gasteiger partial charge in [-0.2, -0.15) is 8.42 Å². The lowest BCUT2D eigenvalue weighted by atomic mass is 9.89. The molecule has 0 aromatic carbocycles. The highest BCUT2D eigenvalue weighted by atomic mass is 127. The van der Waals surface area contributed by atoms with E-state index in [9.17, 15) is 18.0 Å². The van der Waals surface area contributed by atoms with Gasteiger partial charge in [-0.25, -0.2) is 8.98 Å². The van der Waals surface area contributed by atoms with Crippen LogP contribution in [0.4, 0.5) is 0 Å². The fourth-order valence-corrected chi connectivity index (χ4v) is 8.13. The van der Waals surface area contributed by atoms with E-state index in [-0.39, 0.29) is 30.9 Å². The number of nitrogens with two attached hydrogens (primary N) is 1. The number of H-pyrrole nitrogens is 1. The second-order valence-corrected chi connectivity index (χ2v) is 26.2. The van der Waals surface area contributed by atoms with Crippen LogP contribution >= 0.6 is 22.6 Å². The Kier molecular flexibility index (Phi) is 8.52. The molecule has 1 saturated heterocycles. The zero-order valence-corrected chi connectivity index (χ0v) is 29.6. The summed E-state index contributed by atoms with van der Waals surface area (Å²) in [5.74, 6) is 0. The number of aromatic nitrogens is 2. The number of rotatable bonds is 6. The second kappa shape index (κ2) is 10.2. The molecule has 222 valence electrons. The largest absolute Gasteiger partial charge is 0.414 e. The second-order valence-electron chi connectivity index (χ2n) is 13.4. The van der Waals surface area contributed by atoms with Gasteiger partial charge in [-0.3, -0.25) is 14.3 Å². The molecular formula is C24H42IN3O8SSi2. The Balaban J connectivity index is 2.29.